The number of rotatable bonds is 6. The van der Waals surface area contributed by atoms with Crippen LogP contribution in [0.1, 0.15) is 51.4 Å². The number of carbonyl (C=O) groups excluding carboxylic acids is 1. The molecule has 1 unspecified atom stereocenters. The molecule has 0 bridgehead atoms. The van der Waals surface area contributed by atoms with E-state index in [1.807, 2.05) is 0 Å². The summed E-state index contributed by atoms with van der Waals surface area (Å²) in [6.45, 7) is 1.47. The summed E-state index contributed by atoms with van der Waals surface area (Å²) < 4.78 is 5.06. The van der Waals surface area contributed by atoms with Crippen LogP contribution in [0, 0.1) is 11.3 Å². The van der Waals surface area contributed by atoms with Crippen LogP contribution < -0.4 is 0 Å². The lowest BCUT2D eigenvalue weighted by atomic mass is 9.77. The number of hydrogen-bond donors (Lipinski definition) is 1. The molecule has 1 saturated carbocycles. The van der Waals surface area contributed by atoms with Crippen LogP contribution in [0.15, 0.2) is 0 Å². The molecule has 0 aromatic heterocycles. The number of methoxy groups -OCH3 is 1. The molecule has 1 atom stereocenters. The molecule has 2 aliphatic rings. The van der Waals surface area contributed by atoms with Crippen molar-refractivity contribution in [3.8, 4) is 0 Å². The first kappa shape index (κ1) is 16.3. The predicted octanol–water partition coefficient (Wildman–Crippen LogP) is 2.30. The molecule has 1 amide bonds. The number of amides is 1. The van der Waals surface area contributed by atoms with Crippen molar-refractivity contribution in [3.05, 3.63) is 0 Å². The van der Waals surface area contributed by atoms with Gasteiger partial charge >= 0.3 is 5.97 Å². The minimum atomic E-state index is -0.820. The van der Waals surface area contributed by atoms with Gasteiger partial charge in [0, 0.05) is 33.2 Å². The molecule has 5 nitrogen and oxygen atoms in total. The lowest BCUT2D eigenvalue weighted by Gasteiger charge is -2.40. The first-order valence-electron chi connectivity index (χ1n) is 8.07. The first-order valence-corrected chi connectivity index (χ1v) is 8.07. The molecule has 1 heterocycles. The van der Waals surface area contributed by atoms with Crippen LogP contribution in [-0.4, -0.2) is 48.7 Å². The topological polar surface area (TPSA) is 66.8 Å². The van der Waals surface area contributed by atoms with E-state index in [1.165, 1.54) is 12.8 Å². The van der Waals surface area contributed by atoms with Crippen molar-refractivity contribution in [2.75, 3.05) is 26.8 Å². The van der Waals surface area contributed by atoms with Gasteiger partial charge in [-0.25, -0.2) is 0 Å². The van der Waals surface area contributed by atoms with E-state index < -0.39 is 11.4 Å². The molecule has 5 heteroatoms. The maximum atomic E-state index is 12.4. The minimum absolute atomic E-state index is 0.143. The summed E-state index contributed by atoms with van der Waals surface area (Å²) in [6, 6.07) is 0. The largest absolute Gasteiger partial charge is 0.481 e. The Morgan fingerprint density at radius 2 is 2.00 bits per heavy atom. The third kappa shape index (κ3) is 3.96. The summed E-state index contributed by atoms with van der Waals surface area (Å²) in [6.07, 6.45) is 7.23. The molecule has 21 heavy (non-hydrogen) atoms. The van der Waals surface area contributed by atoms with Crippen LogP contribution in [0.25, 0.3) is 0 Å². The highest BCUT2D eigenvalue weighted by atomic mass is 16.5. The van der Waals surface area contributed by atoms with Crippen LogP contribution in [0.2, 0.25) is 0 Å². The molecule has 1 saturated heterocycles. The van der Waals surface area contributed by atoms with Crippen LogP contribution in [0.5, 0.6) is 0 Å². The molecule has 1 N–H and O–H groups in total. The molecule has 1 aliphatic heterocycles. The van der Waals surface area contributed by atoms with Gasteiger partial charge < -0.3 is 14.7 Å². The van der Waals surface area contributed by atoms with E-state index in [1.54, 1.807) is 12.0 Å². The third-order valence-electron chi connectivity index (χ3n) is 5.11. The average Bonchev–Trinajstić information content (AvgIpc) is 2.98. The normalized spacial score (nSPS) is 27.0. The number of aliphatic carboxylic acids is 1. The van der Waals surface area contributed by atoms with Gasteiger partial charge in [0.1, 0.15) is 0 Å². The Morgan fingerprint density at radius 1 is 1.29 bits per heavy atom. The van der Waals surface area contributed by atoms with E-state index >= 15 is 0 Å². The number of carboxylic acids is 1. The summed E-state index contributed by atoms with van der Waals surface area (Å²) in [7, 11) is 1.58. The van der Waals surface area contributed by atoms with Crippen LogP contribution in [0.4, 0.5) is 0 Å². The molecule has 0 aromatic rings. The Hall–Kier alpha value is -1.10. The second-order valence-corrected chi connectivity index (χ2v) is 6.60. The quantitative estimate of drug-likeness (QED) is 0.817. The lowest BCUT2D eigenvalue weighted by Crippen LogP contribution is -2.50. The average molecular weight is 297 g/mol. The number of carbonyl (C=O) groups is 2. The summed E-state index contributed by atoms with van der Waals surface area (Å²) >= 11 is 0. The number of hydrogen-bond acceptors (Lipinski definition) is 3. The van der Waals surface area contributed by atoms with Gasteiger partial charge in [0.15, 0.2) is 0 Å². The van der Waals surface area contributed by atoms with E-state index in [4.69, 9.17) is 4.74 Å². The molecule has 120 valence electrons. The van der Waals surface area contributed by atoms with Crippen LogP contribution in [0.3, 0.4) is 0 Å². The predicted molar refractivity (Wildman–Crippen MR) is 79.0 cm³/mol. The van der Waals surface area contributed by atoms with Gasteiger partial charge in [0.25, 0.3) is 0 Å². The van der Waals surface area contributed by atoms with Crippen molar-refractivity contribution in [2.45, 2.75) is 51.4 Å². The lowest BCUT2D eigenvalue weighted by molar-refractivity contribution is -0.156. The van der Waals surface area contributed by atoms with E-state index in [0.29, 0.717) is 44.9 Å². The van der Waals surface area contributed by atoms with Crippen molar-refractivity contribution >= 4 is 11.9 Å². The molecule has 0 radical (unpaired) electrons. The zero-order chi connectivity index (χ0) is 15.3. The fourth-order valence-electron chi connectivity index (χ4n) is 3.72. The Kier molecular flexibility index (Phi) is 5.62. The van der Waals surface area contributed by atoms with Gasteiger partial charge in [-0.05, 0) is 38.0 Å². The van der Waals surface area contributed by atoms with Crippen molar-refractivity contribution < 1.29 is 19.4 Å². The number of piperidine rings is 1. The highest BCUT2D eigenvalue weighted by Crippen LogP contribution is 2.35. The van der Waals surface area contributed by atoms with Gasteiger partial charge in [-0.2, -0.15) is 0 Å². The highest BCUT2D eigenvalue weighted by molar-refractivity contribution is 5.80. The van der Waals surface area contributed by atoms with Crippen molar-refractivity contribution in [1.82, 2.24) is 4.90 Å². The second kappa shape index (κ2) is 7.25. The first-order chi connectivity index (χ1) is 10.1. The Morgan fingerprint density at radius 3 is 2.62 bits per heavy atom. The number of likely N-dealkylation sites (tertiary alicyclic amines) is 1. The zero-order valence-electron chi connectivity index (χ0n) is 13.0. The zero-order valence-corrected chi connectivity index (χ0v) is 13.0. The summed E-state index contributed by atoms with van der Waals surface area (Å²) in [5.74, 6) is -0.139. The standard InChI is InChI=1S/C16H27NO4/c1-21-10-8-16(15(19)20)7-4-9-17(12-16)14(18)11-13-5-2-3-6-13/h13H,2-12H2,1H3,(H,19,20). The Balaban J connectivity index is 1.96. The van der Waals surface area contributed by atoms with Gasteiger partial charge in [-0.15, -0.1) is 0 Å². The van der Waals surface area contributed by atoms with Crippen molar-refractivity contribution in [2.24, 2.45) is 11.3 Å². The van der Waals surface area contributed by atoms with E-state index in [0.717, 1.165) is 19.3 Å². The highest BCUT2D eigenvalue weighted by Gasteiger charge is 2.43. The monoisotopic (exact) mass is 297 g/mol. The number of carboxylic acid groups (broad SMARTS) is 1. The van der Waals surface area contributed by atoms with Crippen molar-refractivity contribution in [1.29, 1.82) is 0 Å². The van der Waals surface area contributed by atoms with Gasteiger partial charge in [-0.1, -0.05) is 12.8 Å². The summed E-state index contributed by atoms with van der Waals surface area (Å²) in [5, 5.41) is 9.61. The fourth-order valence-corrected chi connectivity index (χ4v) is 3.72. The molecule has 2 rings (SSSR count). The van der Waals surface area contributed by atoms with E-state index in [-0.39, 0.29) is 5.91 Å². The number of nitrogens with zero attached hydrogens (tertiary/aromatic N) is 1. The summed E-state index contributed by atoms with van der Waals surface area (Å²) in [5.41, 5.74) is -0.820. The third-order valence-corrected chi connectivity index (χ3v) is 5.11. The van der Waals surface area contributed by atoms with Gasteiger partial charge in [0.2, 0.25) is 5.91 Å². The van der Waals surface area contributed by atoms with E-state index in [2.05, 4.69) is 0 Å². The molecule has 0 spiro atoms. The van der Waals surface area contributed by atoms with E-state index in [9.17, 15) is 14.7 Å². The number of ether oxygens (including phenoxy) is 1. The van der Waals surface area contributed by atoms with Crippen molar-refractivity contribution in [3.63, 3.8) is 0 Å². The Bertz CT molecular complexity index is 378. The smallest absolute Gasteiger partial charge is 0.311 e. The molecular weight excluding hydrogens is 270 g/mol. The maximum Gasteiger partial charge on any atom is 0.311 e. The molecule has 1 aliphatic carbocycles. The minimum Gasteiger partial charge on any atom is -0.481 e. The second-order valence-electron chi connectivity index (χ2n) is 6.60. The van der Waals surface area contributed by atoms with Crippen LogP contribution in [-0.2, 0) is 14.3 Å². The fraction of sp³-hybridized carbons (Fsp3) is 0.875. The SMILES string of the molecule is COCCC1(C(=O)O)CCCN(C(=O)CC2CCCC2)C1. The molecule has 2 fully saturated rings. The molecular formula is C16H27NO4. The Labute approximate surface area is 126 Å². The van der Waals surface area contributed by atoms with Gasteiger partial charge in [0.05, 0.1) is 5.41 Å². The van der Waals surface area contributed by atoms with Gasteiger partial charge in [-0.3, -0.25) is 9.59 Å². The summed E-state index contributed by atoms with van der Waals surface area (Å²) in [4.78, 5) is 25.9. The maximum absolute atomic E-state index is 12.4. The van der Waals surface area contributed by atoms with Crippen LogP contribution >= 0.6 is 0 Å². The molecule has 0 aromatic carbocycles.